The van der Waals surface area contributed by atoms with Crippen LogP contribution in [0.5, 0.6) is 5.75 Å². The molecule has 2 aromatic carbocycles. The maximum atomic E-state index is 12.6. The van der Waals surface area contributed by atoms with E-state index in [-0.39, 0.29) is 12.0 Å². The monoisotopic (exact) mass is 527 g/mol. The summed E-state index contributed by atoms with van der Waals surface area (Å²) >= 11 is 0. The van der Waals surface area contributed by atoms with Crippen molar-refractivity contribution < 1.29 is 14.6 Å². The summed E-state index contributed by atoms with van der Waals surface area (Å²) in [5, 5.41) is 18.9. The Hall–Kier alpha value is -3.78. The zero-order valence-electron chi connectivity index (χ0n) is 23.6. The molecule has 2 atom stereocenters. The van der Waals surface area contributed by atoms with Crippen molar-refractivity contribution in [3.8, 4) is 5.75 Å². The fraction of sp³-hybridized carbons (Fsp3) is 0.419. The maximum Gasteiger partial charge on any atom is 0.310 e. The van der Waals surface area contributed by atoms with E-state index in [1.807, 2.05) is 58.4 Å². The molecule has 39 heavy (non-hydrogen) atoms. The third kappa shape index (κ3) is 5.01. The van der Waals surface area contributed by atoms with Gasteiger partial charge < -0.3 is 9.84 Å². The summed E-state index contributed by atoms with van der Waals surface area (Å²) in [4.78, 5) is 19.3. The van der Waals surface area contributed by atoms with Crippen LogP contribution < -0.4 is 4.74 Å². The van der Waals surface area contributed by atoms with Gasteiger partial charge in [0.15, 0.2) is 0 Å². The Balaban J connectivity index is 1.56. The van der Waals surface area contributed by atoms with E-state index in [2.05, 4.69) is 52.2 Å². The van der Waals surface area contributed by atoms with Gasteiger partial charge in [-0.1, -0.05) is 36.4 Å². The van der Waals surface area contributed by atoms with E-state index in [1.54, 1.807) is 4.68 Å². The van der Waals surface area contributed by atoms with Gasteiger partial charge in [0.25, 0.3) is 0 Å². The fourth-order valence-corrected chi connectivity index (χ4v) is 5.74. The number of rotatable bonds is 7. The van der Waals surface area contributed by atoms with Crippen LogP contribution in [0.4, 0.5) is 0 Å². The highest BCUT2D eigenvalue weighted by Crippen LogP contribution is 2.44. The van der Waals surface area contributed by atoms with Gasteiger partial charge in [-0.25, -0.2) is 4.68 Å². The van der Waals surface area contributed by atoms with Crippen molar-refractivity contribution in [2.24, 2.45) is 12.5 Å². The number of benzene rings is 2. The first-order valence-electron chi connectivity index (χ1n) is 13.5. The molecule has 3 heterocycles. The van der Waals surface area contributed by atoms with E-state index in [9.17, 15) is 9.90 Å². The van der Waals surface area contributed by atoms with Crippen molar-refractivity contribution >= 4 is 17.0 Å². The minimum Gasteiger partial charge on any atom is -0.487 e. The van der Waals surface area contributed by atoms with Gasteiger partial charge in [-0.05, 0) is 74.1 Å². The molecule has 2 aromatic heterocycles. The molecule has 1 N–H and O–H groups in total. The number of carbonyl (C=O) groups is 1. The summed E-state index contributed by atoms with van der Waals surface area (Å²) in [6.45, 7) is 12.2. The van der Waals surface area contributed by atoms with Gasteiger partial charge in [-0.15, -0.1) is 5.10 Å². The van der Waals surface area contributed by atoms with Crippen LogP contribution >= 0.6 is 0 Å². The van der Waals surface area contributed by atoms with Crippen LogP contribution in [-0.2, 0) is 24.9 Å². The Kier molecular flexibility index (Phi) is 7.16. The van der Waals surface area contributed by atoms with Crippen LogP contribution in [0.2, 0.25) is 0 Å². The SMILES string of the molecule is CC[C@@H]1CN(Cc2cc([C@@H](c3ccc4c(nnn4C)c3C)C(C)(C)C(=O)O)ccc2C)Cc2ccncc2O1. The molecule has 1 aliphatic rings. The number of fused-ring (bicyclic) bond motifs is 2. The number of carboxylic acids is 1. The molecule has 0 saturated carbocycles. The van der Waals surface area contributed by atoms with E-state index in [4.69, 9.17) is 4.74 Å². The number of aryl methyl sites for hydroxylation is 3. The smallest absolute Gasteiger partial charge is 0.310 e. The predicted molar refractivity (Wildman–Crippen MR) is 151 cm³/mol. The van der Waals surface area contributed by atoms with Gasteiger partial charge in [0, 0.05) is 44.4 Å². The van der Waals surface area contributed by atoms with Gasteiger partial charge in [0.05, 0.1) is 17.1 Å². The van der Waals surface area contributed by atoms with Crippen molar-refractivity contribution in [2.75, 3.05) is 6.54 Å². The lowest BCUT2D eigenvalue weighted by Gasteiger charge is -2.33. The molecule has 0 aliphatic carbocycles. The fourth-order valence-electron chi connectivity index (χ4n) is 5.74. The number of aromatic nitrogens is 4. The molecule has 0 fully saturated rings. The lowest BCUT2D eigenvalue weighted by molar-refractivity contribution is -0.147. The van der Waals surface area contributed by atoms with Crippen molar-refractivity contribution in [1.29, 1.82) is 0 Å². The number of ether oxygens (including phenoxy) is 1. The van der Waals surface area contributed by atoms with Crippen molar-refractivity contribution in [3.05, 3.63) is 82.2 Å². The van der Waals surface area contributed by atoms with Crippen LogP contribution in [0, 0.1) is 19.3 Å². The highest BCUT2D eigenvalue weighted by Gasteiger charge is 2.40. The topological polar surface area (TPSA) is 93.4 Å². The van der Waals surface area contributed by atoms with Crippen LogP contribution in [0.15, 0.2) is 48.8 Å². The zero-order chi connectivity index (χ0) is 27.9. The highest BCUT2D eigenvalue weighted by molar-refractivity contribution is 5.81. The molecule has 0 spiro atoms. The second kappa shape index (κ2) is 10.4. The minimum absolute atomic E-state index is 0.0824. The van der Waals surface area contributed by atoms with E-state index in [0.29, 0.717) is 0 Å². The molecule has 5 rings (SSSR count). The summed E-state index contributed by atoms with van der Waals surface area (Å²) in [5.41, 5.74) is 7.08. The predicted octanol–water partition coefficient (Wildman–Crippen LogP) is 5.40. The number of pyridine rings is 1. The van der Waals surface area contributed by atoms with Gasteiger partial charge in [-0.3, -0.25) is 14.7 Å². The number of hydrogen-bond acceptors (Lipinski definition) is 6. The van der Waals surface area contributed by atoms with Crippen LogP contribution in [0.3, 0.4) is 0 Å². The average Bonchev–Trinajstić information content (AvgIpc) is 3.18. The second-order valence-electron chi connectivity index (χ2n) is 11.3. The second-order valence-corrected chi connectivity index (χ2v) is 11.3. The maximum absolute atomic E-state index is 12.6. The Morgan fingerprint density at radius 2 is 2.00 bits per heavy atom. The summed E-state index contributed by atoms with van der Waals surface area (Å²) < 4.78 is 8.01. The number of aliphatic carboxylic acids is 1. The van der Waals surface area contributed by atoms with Crippen molar-refractivity contribution in [3.63, 3.8) is 0 Å². The molecule has 1 aliphatic heterocycles. The lowest BCUT2D eigenvalue weighted by atomic mass is 9.69. The number of hydrogen-bond donors (Lipinski definition) is 1. The molecule has 204 valence electrons. The molecule has 4 aromatic rings. The van der Waals surface area contributed by atoms with Crippen LogP contribution in [-0.4, -0.2) is 48.6 Å². The van der Waals surface area contributed by atoms with E-state index in [0.717, 1.165) is 65.1 Å². The van der Waals surface area contributed by atoms with Gasteiger partial charge in [0.2, 0.25) is 0 Å². The summed E-state index contributed by atoms with van der Waals surface area (Å²) in [6, 6.07) is 12.5. The van der Waals surface area contributed by atoms with Crippen molar-refractivity contribution in [1.82, 2.24) is 24.9 Å². The largest absolute Gasteiger partial charge is 0.487 e. The Labute approximate surface area is 229 Å². The Bertz CT molecular complexity index is 1530. The number of carboxylic acid groups (broad SMARTS) is 1. The summed E-state index contributed by atoms with van der Waals surface area (Å²) in [7, 11) is 1.87. The average molecular weight is 528 g/mol. The Morgan fingerprint density at radius 3 is 2.74 bits per heavy atom. The first-order valence-corrected chi connectivity index (χ1v) is 13.5. The molecule has 0 bridgehead atoms. The van der Waals surface area contributed by atoms with Crippen molar-refractivity contribution in [2.45, 2.75) is 66.2 Å². The minimum atomic E-state index is -1.05. The first-order chi connectivity index (χ1) is 18.6. The first kappa shape index (κ1) is 26.8. The van der Waals surface area contributed by atoms with E-state index >= 15 is 0 Å². The zero-order valence-corrected chi connectivity index (χ0v) is 23.6. The standard InChI is InChI=1S/C31H37N5O3/c1-7-24-18-36(16-22-12-13-32-15-27(22)39-24)17-23-14-21(9-8-19(23)2)28(31(4,5)30(37)38)25-10-11-26-29(20(25)3)33-34-35(26)6/h8-15,24,28H,7,16-18H2,1-6H3,(H,37,38)/t24-,28+/m1/s1. The molecule has 0 saturated heterocycles. The summed E-state index contributed by atoms with van der Waals surface area (Å²) in [5.74, 6) is -0.354. The molecule has 8 heteroatoms. The normalized spacial score (nSPS) is 16.9. The molecule has 0 unspecified atom stereocenters. The van der Waals surface area contributed by atoms with Crippen LogP contribution in [0.1, 0.15) is 66.5 Å². The molecule has 8 nitrogen and oxygen atoms in total. The summed E-state index contributed by atoms with van der Waals surface area (Å²) in [6.07, 6.45) is 4.61. The molecular formula is C31H37N5O3. The number of nitrogens with zero attached hydrogens (tertiary/aromatic N) is 5. The van der Waals surface area contributed by atoms with Gasteiger partial charge >= 0.3 is 5.97 Å². The van der Waals surface area contributed by atoms with E-state index in [1.165, 1.54) is 11.1 Å². The quantitative estimate of drug-likeness (QED) is 0.344. The third-order valence-corrected chi connectivity index (χ3v) is 8.24. The van der Waals surface area contributed by atoms with E-state index < -0.39 is 11.4 Å². The van der Waals surface area contributed by atoms with Crippen LogP contribution in [0.25, 0.3) is 11.0 Å². The van der Waals surface area contributed by atoms with Gasteiger partial charge in [0.1, 0.15) is 17.4 Å². The van der Waals surface area contributed by atoms with Gasteiger partial charge in [-0.2, -0.15) is 0 Å². The lowest BCUT2D eigenvalue weighted by Crippen LogP contribution is -2.33. The molecule has 0 amide bonds. The molecule has 0 radical (unpaired) electrons. The third-order valence-electron chi connectivity index (χ3n) is 8.24. The molecular weight excluding hydrogens is 490 g/mol. The highest BCUT2D eigenvalue weighted by atomic mass is 16.5. The Morgan fingerprint density at radius 1 is 1.21 bits per heavy atom.